The van der Waals surface area contributed by atoms with Gasteiger partial charge in [-0.15, -0.1) is 0 Å². The number of aryl methyl sites for hydroxylation is 1. The molecule has 1 unspecified atom stereocenters. The molecule has 2 heterocycles. The fourth-order valence-electron chi connectivity index (χ4n) is 3.17. The molecule has 1 saturated heterocycles. The number of hydrogen-bond donors (Lipinski definition) is 2. The maximum atomic E-state index is 11.8. The van der Waals surface area contributed by atoms with Gasteiger partial charge in [0.2, 0.25) is 0 Å². The number of imide groups is 1. The number of carbonyl (C=O) groups excluding carboxylic acids is 2. The van der Waals surface area contributed by atoms with Crippen LogP contribution in [0.5, 0.6) is 0 Å². The summed E-state index contributed by atoms with van der Waals surface area (Å²) in [5, 5.41) is 5.70. The number of carbonyl (C=O) groups is 2. The third-order valence-corrected chi connectivity index (χ3v) is 4.33. The minimum absolute atomic E-state index is 0.253. The van der Waals surface area contributed by atoms with Crippen molar-refractivity contribution in [3.05, 3.63) is 34.9 Å². The van der Waals surface area contributed by atoms with Gasteiger partial charge >= 0.3 is 0 Å². The normalized spacial score (nSPS) is 20.8. The van der Waals surface area contributed by atoms with Gasteiger partial charge in [0.25, 0.3) is 11.8 Å². The number of morpholine rings is 1. The first-order chi connectivity index (χ1) is 10.8. The molecule has 0 aromatic heterocycles. The zero-order valence-corrected chi connectivity index (χ0v) is 12.7. The van der Waals surface area contributed by atoms with Crippen LogP contribution in [0.4, 0.5) is 0 Å². The molecule has 5 heteroatoms. The molecule has 3 rings (SSSR count). The highest BCUT2D eigenvalue weighted by molar-refractivity contribution is 6.22. The molecule has 2 aliphatic heterocycles. The summed E-state index contributed by atoms with van der Waals surface area (Å²) in [5.41, 5.74) is 2.08. The van der Waals surface area contributed by atoms with E-state index in [-0.39, 0.29) is 11.8 Å². The maximum Gasteiger partial charge on any atom is 0.259 e. The summed E-state index contributed by atoms with van der Waals surface area (Å²) in [5.74, 6) is -0.527. The number of rotatable bonds is 6. The van der Waals surface area contributed by atoms with E-state index in [0.29, 0.717) is 17.2 Å². The largest absolute Gasteiger partial charge is 0.376 e. The van der Waals surface area contributed by atoms with Gasteiger partial charge in [-0.2, -0.15) is 0 Å². The van der Waals surface area contributed by atoms with E-state index in [1.807, 2.05) is 12.1 Å². The lowest BCUT2D eigenvalue weighted by Crippen LogP contribution is -2.38. The molecule has 2 aliphatic rings. The van der Waals surface area contributed by atoms with Gasteiger partial charge in [-0.05, 0) is 30.9 Å². The molecule has 1 aromatic carbocycles. The first kappa shape index (κ1) is 15.2. The molecular weight excluding hydrogens is 280 g/mol. The highest BCUT2D eigenvalue weighted by Crippen LogP contribution is 2.22. The summed E-state index contributed by atoms with van der Waals surface area (Å²) < 4.78 is 5.68. The van der Waals surface area contributed by atoms with E-state index >= 15 is 0 Å². The summed E-state index contributed by atoms with van der Waals surface area (Å²) in [6.45, 7) is 2.72. The molecule has 0 radical (unpaired) electrons. The van der Waals surface area contributed by atoms with E-state index in [4.69, 9.17) is 4.74 Å². The first-order valence-electron chi connectivity index (χ1n) is 8.05. The van der Waals surface area contributed by atoms with Crippen molar-refractivity contribution in [2.45, 2.75) is 38.2 Å². The van der Waals surface area contributed by atoms with Gasteiger partial charge < -0.3 is 10.1 Å². The van der Waals surface area contributed by atoms with Gasteiger partial charge in [0.15, 0.2) is 0 Å². The number of nitrogens with one attached hydrogen (secondary N) is 2. The first-order valence-corrected chi connectivity index (χ1v) is 8.05. The smallest absolute Gasteiger partial charge is 0.259 e. The molecule has 0 bridgehead atoms. The standard InChI is InChI=1S/C17H22N2O3/c20-16-14-8-4-6-12(15(14)17(21)19-16)5-2-1-3-7-13-11-18-9-10-22-13/h4,6,8,13,18H,1-3,5,7,9-11H2,(H,19,20,21). The summed E-state index contributed by atoms with van der Waals surface area (Å²) in [7, 11) is 0. The van der Waals surface area contributed by atoms with Crippen molar-refractivity contribution in [2.75, 3.05) is 19.7 Å². The van der Waals surface area contributed by atoms with Crippen molar-refractivity contribution in [3.8, 4) is 0 Å². The molecule has 0 spiro atoms. The third kappa shape index (κ3) is 3.36. The van der Waals surface area contributed by atoms with Crippen LogP contribution in [0.15, 0.2) is 18.2 Å². The van der Waals surface area contributed by atoms with E-state index in [9.17, 15) is 9.59 Å². The highest BCUT2D eigenvalue weighted by atomic mass is 16.5. The molecule has 1 fully saturated rings. The van der Waals surface area contributed by atoms with Crippen LogP contribution in [0, 0.1) is 0 Å². The Labute approximate surface area is 130 Å². The van der Waals surface area contributed by atoms with Crippen molar-refractivity contribution in [1.29, 1.82) is 0 Å². The number of hydrogen-bond acceptors (Lipinski definition) is 4. The summed E-state index contributed by atoms with van der Waals surface area (Å²) in [6, 6.07) is 5.52. The van der Waals surface area contributed by atoms with E-state index in [1.165, 1.54) is 0 Å². The second-order valence-corrected chi connectivity index (χ2v) is 5.92. The monoisotopic (exact) mass is 302 g/mol. The molecule has 0 aliphatic carbocycles. The van der Waals surface area contributed by atoms with Crippen LogP contribution in [-0.2, 0) is 11.2 Å². The Morgan fingerprint density at radius 3 is 2.86 bits per heavy atom. The van der Waals surface area contributed by atoms with Crippen LogP contribution in [0.3, 0.4) is 0 Å². The minimum atomic E-state index is -0.274. The van der Waals surface area contributed by atoms with Crippen molar-refractivity contribution in [3.63, 3.8) is 0 Å². The van der Waals surface area contributed by atoms with E-state index < -0.39 is 0 Å². The SMILES string of the molecule is O=C1NC(=O)c2c(CCCCCC3CNCCO3)cccc21. The number of unbranched alkanes of at least 4 members (excludes halogenated alkanes) is 2. The van der Waals surface area contributed by atoms with Gasteiger partial charge in [-0.3, -0.25) is 14.9 Å². The fourth-order valence-corrected chi connectivity index (χ4v) is 3.17. The average Bonchev–Trinajstić information content (AvgIpc) is 2.83. The van der Waals surface area contributed by atoms with Gasteiger partial charge in [0, 0.05) is 13.1 Å². The fraction of sp³-hybridized carbons (Fsp3) is 0.529. The van der Waals surface area contributed by atoms with Crippen molar-refractivity contribution in [1.82, 2.24) is 10.6 Å². The Morgan fingerprint density at radius 2 is 2.05 bits per heavy atom. The van der Waals surface area contributed by atoms with E-state index in [1.54, 1.807) is 6.07 Å². The number of fused-ring (bicyclic) bond motifs is 1. The quantitative estimate of drug-likeness (QED) is 0.619. The van der Waals surface area contributed by atoms with Crippen LogP contribution >= 0.6 is 0 Å². The molecule has 1 atom stereocenters. The number of benzene rings is 1. The summed E-state index contributed by atoms with van der Waals surface area (Å²) >= 11 is 0. The van der Waals surface area contributed by atoms with E-state index in [0.717, 1.165) is 57.4 Å². The second kappa shape index (κ2) is 7.03. The lowest BCUT2D eigenvalue weighted by atomic mass is 9.97. The van der Waals surface area contributed by atoms with Gasteiger partial charge in [-0.25, -0.2) is 0 Å². The Bertz CT molecular complexity index is 565. The topological polar surface area (TPSA) is 67.4 Å². The van der Waals surface area contributed by atoms with Crippen molar-refractivity contribution >= 4 is 11.8 Å². The molecule has 22 heavy (non-hydrogen) atoms. The van der Waals surface area contributed by atoms with Crippen LogP contribution in [-0.4, -0.2) is 37.6 Å². The third-order valence-electron chi connectivity index (χ3n) is 4.33. The molecular formula is C17H22N2O3. The van der Waals surface area contributed by atoms with Crippen molar-refractivity contribution < 1.29 is 14.3 Å². The molecule has 1 aromatic rings. The van der Waals surface area contributed by atoms with Crippen LogP contribution < -0.4 is 10.6 Å². The minimum Gasteiger partial charge on any atom is -0.376 e. The van der Waals surface area contributed by atoms with Crippen LogP contribution in [0.25, 0.3) is 0 Å². The Balaban J connectivity index is 1.46. The lowest BCUT2D eigenvalue weighted by Gasteiger charge is -2.23. The molecule has 0 saturated carbocycles. The number of amides is 2. The maximum absolute atomic E-state index is 11.8. The highest BCUT2D eigenvalue weighted by Gasteiger charge is 2.28. The van der Waals surface area contributed by atoms with Crippen LogP contribution in [0.1, 0.15) is 52.0 Å². The van der Waals surface area contributed by atoms with Gasteiger partial charge in [0.1, 0.15) is 0 Å². The Kier molecular flexibility index (Phi) is 4.85. The summed E-state index contributed by atoms with van der Waals surface area (Å²) in [4.78, 5) is 23.5. The molecule has 2 amide bonds. The molecule has 5 nitrogen and oxygen atoms in total. The van der Waals surface area contributed by atoms with Gasteiger partial charge in [0.05, 0.1) is 23.8 Å². The average molecular weight is 302 g/mol. The zero-order chi connectivity index (χ0) is 15.4. The molecule has 2 N–H and O–H groups in total. The van der Waals surface area contributed by atoms with Crippen LogP contribution in [0.2, 0.25) is 0 Å². The zero-order valence-electron chi connectivity index (χ0n) is 12.7. The molecule has 118 valence electrons. The predicted molar refractivity (Wildman–Crippen MR) is 83.0 cm³/mol. The lowest BCUT2D eigenvalue weighted by molar-refractivity contribution is 0.0221. The second-order valence-electron chi connectivity index (χ2n) is 5.92. The number of ether oxygens (including phenoxy) is 1. The summed E-state index contributed by atoms with van der Waals surface area (Å²) in [6.07, 6.45) is 5.54. The Hall–Kier alpha value is -1.72. The van der Waals surface area contributed by atoms with Gasteiger partial charge in [-0.1, -0.05) is 25.0 Å². The van der Waals surface area contributed by atoms with Crippen molar-refractivity contribution in [2.24, 2.45) is 0 Å². The van der Waals surface area contributed by atoms with E-state index in [2.05, 4.69) is 10.6 Å². The predicted octanol–water partition coefficient (Wildman–Crippen LogP) is 1.66. The Morgan fingerprint density at radius 1 is 1.14 bits per heavy atom.